The molecule has 1 saturated heterocycles. The summed E-state index contributed by atoms with van der Waals surface area (Å²) in [7, 11) is 0. The zero-order valence-corrected chi connectivity index (χ0v) is 75.3. The molecule has 0 radical (unpaired) electrons. The second-order valence-electron chi connectivity index (χ2n) is 29.3. The molecule has 1 fully saturated rings. The number of ketones is 2. The molecule has 0 bridgehead atoms. The number of piperidine rings is 1. The molecule has 2 atom stereocenters. The molecule has 113 heavy (non-hydrogen) atoms. The number of amidine groups is 1. The predicted molar refractivity (Wildman–Crippen MR) is 474 cm³/mol. The van der Waals surface area contributed by atoms with E-state index in [9.17, 15) is 19.2 Å². The number of H-pyrrole nitrogens is 3. The van der Waals surface area contributed by atoms with Crippen LogP contribution in [0.4, 0.5) is 15.3 Å². The van der Waals surface area contributed by atoms with Gasteiger partial charge in [-0.2, -0.15) is 0 Å². The standard InChI is InChI=1S/C22H21BrClN3.C17H20BrN3O2.C12H12BrN3.C10H16BrNO3.C10H9ClO.C7H7BrN2.C7H4BrN.ClH/c23-19-4-2-1-3-18(19)22-25-20-9-10-27(13-21(20)26-22)17-8-6-14-5-7-16(24)11-15(14)12-17;1-17(2,3)23-16(22)21-9-8-13-14(10-21)20-15(19-13)11-6-4-5-7-12(11)18;13-9-4-2-1-3-8(9)12-15-10-5-6-14-7-11(10)16-12;1-10(2,3)15-9(14)12-5-4-8(13)7(11)6-12;11-9-3-1-7-2-4-10(12)6-8(7)5-9;8-6-4-2-1-3-5(6)7(9)10;1-9-7-5-3-2-4-6(7)8;/h1-5,7,11,17H,6,8-10,12-13H2,(H,25,26);4-7H,8-10H2,1-3H3,(H,19,20);1-4,14H,5-7H2,(H,15,16);7H,4-6H2,1-3H3;1,3,5H,2,4,6H2;1-4H,(H3,9,10);2-5H;1H. The first kappa shape index (κ1) is 89.6. The number of carbonyl (C=O) groups excluding carboxylic acids is 4. The minimum absolute atomic E-state index is 0. The Balaban J connectivity index is 0.000000156. The van der Waals surface area contributed by atoms with Crippen molar-refractivity contribution in [1.82, 2.24) is 49.9 Å². The molecule has 6 aliphatic rings. The van der Waals surface area contributed by atoms with Gasteiger partial charge in [0, 0.05) is 145 Å². The summed E-state index contributed by atoms with van der Waals surface area (Å²) in [6.07, 6.45) is 8.11. The normalized spacial score (nSPS) is 15.9. The largest absolute Gasteiger partial charge is 0.444 e. The highest BCUT2D eigenvalue weighted by Crippen LogP contribution is 2.35. The van der Waals surface area contributed by atoms with Gasteiger partial charge < -0.3 is 45.3 Å². The monoisotopic (exact) mass is 1970 g/mol. The van der Waals surface area contributed by atoms with Crippen LogP contribution in [0.5, 0.6) is 0 Å². The van der Waals surface area contributed by atoms with Crippen molar-refractivity contribution in [2.75, 3.05) is 32.7 Å². The van der Waals surface area contributed by atoms with Gasteiger partial charge in [0.2, 0.25) is 5.69 Å². The number of para-hydroxylation sites is 1. The second kappa shape index (κ2) is 42.0. The van der Waals surface area contributed by atoms with Crippen LogP contribution in [-0.4, -0.2) is 129 Å². The van der Waals surface area contributed by atoms with Crippen LogP contribution >= 0.6 is 131 Å². The molecule has 28 heteroatoms. The minimum atomic E-state index is -0.486. The Labute approximate surface area is 727 Å². The number of hydrogen-bond acceptors (Lipinski definition) is 12. The van der Waals surface area contributed by atoms with E-state index in [2.05, 4.69) is 172 Å². The van der Waals surface area contributed by atoms with Crippen molar-refractivity contribution in [2.24, 2.45) is 5.73 Å². The number of Topliss-reactive ketones (excluding diaryl/α,β-unsaturated/α-hetero) is 2. The van der Waals surface area contributed by atoms with Gasteiger partial charge in [0.25, 0.3) is 0 Å². The number of nitrogens with two attached hydrogens (primary N) is 1. The van der Waals surface area contributed by atoms with Crippen LogP contribution < -0.4 is 11.1 Å². The molecule has 4 aliphatic heterocycles. The van der Waals surface area contributed by atoms with Gasteiger partial charge in [0.05, 0.1) is 52.1 Å². The lowest BCUT2D eigenvalue weighted by Crippen LogP contribution is -2.46. The number of alkyl halides is 1. The maximum absolute atomic E-state index is 12.2. The van der Waals surface area contributed by atoms with E-state index in [1.54, 1.807) is 21.9 Å². The number of hydrogen-bond donors (Lipinski definition) is 6. The number of imidazole rings is 3. The highest BCUT2D eigenvalue weighted by molar-refractivity contribution is 9.11. The van der Waals surface area contributed by atoms with Crippen LogP contribution in [0.1, 0.15) is 123 Å². The fourth-order valence-corrected chi connectivity index (χ4v) is 16.3. The fourth-order valence-electron chi connectivity index (χ4n) is 13.1. The number of likely N-dealkylation sites (tertiary alicyclic amines) is 1. The minimum Gasteiger partial charge on any atom is -0.444 e. The third-order valence-electron chi connectivity index (χ3n) is 18.7. The fraction of sp³-hybridized carbons (Fsp3) is 0.329. The number of nitrogen functional groups attached to an aromatic ring is 1. The molecular weight excluding hydrogens is 1880 g/mol. The van der Waals surface area contributed by atoms with Crippen molar-refractivity contribution >= 4 is 166 Å². The van der Waals surface area contributed by atoms with E-state index >= 15 is 0 Å². The number of benzene rings is 7. The summed E-state index contributed by atoms with van der Waals surface area (Å²) >= 11 is 32.5. The summed E-state index contributed by atoms with van der Waals surface area (Å²) in [6.45, 7) is 23.7. The van der Waals surface area contributed by atoms with Crippen LogP contribution in [0.25, 0.3) is 39.0 Å². The van der Waals surface area contributed by atoms with Crippen molar-refractivity contribution < 1.29 is 28.7 Å². The van der Waals surface area contributed by atoms with E-state index in [1.807, 2.05) is 151 Å². The molecule has 7 aromatic carbocycles. The second-order valence-corrected chi connectivity index (χ2v) is 35.5. The Morgan fingerprint density at radius 2 is 1.03 bits per heavy atom. The van der Waals surface area contributed by atoms with Gasteiger partial charge >= 0.3 is 12.2 Å². The SMILES string of the molecule is Brc1ccccc1-c1nc2c([nH]1)CNCC2.CC(C)(C)OC(=O)N1CCC(=O)C(Br)C1.CC(C)(C)OC(=O)N1CCc2nc(-c3ccccc3Br)[nH]c2C1.Cl.Clc1ccc2c(c1)CC(N1CCc3nc(-c4ccccc4Br)[nH]c3C1)CC2.N=C(N)c1ccccc1Br.O=C1CCc2ccc(Cl)cc2C1.[C-]#[N+]c1ccccc1Br. The molecule has 10 aromatic rings. The number of nitrogens with one attached hydrogen (secondary N) is 5. The van der Waals surface area contributed by atoms with Gasteiger partial charge in [0.1, 0.15) is 46.1 Å². The first-order valence-electron chi connectivity index (χ1n) is 36.8. The topological polar surface area (TPSA) is 249 Å². The predicted octanol–water partition coefficient (Wildman–Crippen LogP) is 21.5. The van der Waals surface area contributed by atoms with Gasteiger partial charge in [-0.25, -0.2) is 29.4 Å². The molecule has 594 valence electrons. The lowest BCUT2D eigenvalue weighted by molar-refractivity contribution is -0.120. The average Bonchev–Trinajstić information content (AvgIpc) is 1.75. The molecule has 2 aliphatic carbocycles. The number of rotatable bonds is 5. The van der Waals surface area contributed by atoms with Gasteiger partial charge in [-0.05, 0) is 138 Å². The van der Waals surface area contributed by atoms with E-state index < -0.39 is 11.2 Å². The zero-order valence-electron chi connectivity index (χ0n) is 63.5. The van der Waals surface area contributed by atoms with E-state index in [0.29, 0.717) is 63.0 Å². The lowest BCUT2D eigenvalue weighted by atomic mass is 9.87. The lowest BCUT2D eigenvalue weighted by Gasteiger charge is -2.37. The zero-order chi connectivity index (χ0) is 80.4. The van der Waals surface area contributed by atoms with Crippen LogP contribution in [0.3, 0.4) is 0 Å². The Bertz CT molecular complexity index is 5010. The molecule has 7 heterocycles. The van der Waals surface area contributed by atoms with Crippen molar-refractivity contribution in [3.8, 4) is 34.2 Å². The van der Waals surface area contributed by atoms with Crippen LogP contribution in [0.15, 0.2) is 180 Å². The van der Waals surface area contributed by atoms with Gasteiger partial charge in [0.15, 0.2) is 0 Å². The van der Waals surface area contributed by atoms with Crippen molar-refractivity contribution in [1.29, 1.82) is 5.41 Å². The molecule has 2 unspecified atom stereocenters. The number of aromatic nitrogens is 6. The highest BCUT2D eigenvalue weighted by atomic mass is 79.9. The number of amides is 2. The number of aryl methyl sites for hydroxylation is 2. The summed E-state index contributed by atoms with van der Waals surface area (Å²) in [5.41, 5.74) is 21.1. The first-order valence-corrected chi connectivity index (χ1v) is 42.4. The van der Waals surface area contributed by atoms with E-state index in [4.69, 9.17) is 55.4 Å². The van der Waals surface area contributed by atoms with Crippen molar-refractivity contribution in [2.45, 2.75) is 147 Å². The summed E-state index contributed by atoms with van der Waals surface area (Å²) in [6, 6.07) is 51.9. The average molecular weight is 1980 g/mol. The van der Waals surface area contributed by atoms with Crippen LogP contribution in [-0.2, 0) is 83.6 Å². The number of halogens is 9. The Hall–Kier alpha value is -7.32. The number of nitrogens with zero attached hydrogens (tertiary/aromatic N) is 7. The smallest absolute Gasteiger partial charge is 0.410 e. The summed E-state index contributed by atoms with van der Waals surface area (Å²) < 4.78 is 15.5. The van der Waals surface area contributed by atoms with E-state index in [1.165, 1.54) is 45.9 Å². The van der Waals surface area contributed by atoms with Crippen LogP contribution in [0, 0.1) is 12.0 Å². The molecule has 16 rings (SSSR count). The third kappa shape index (κ3) is 26.1. The molecule has 19 nitrogen and oxygen atoms in total. The summed E-state index contributed by atoms with van der Waals surface area (Å²) in [5, 5.41) is 12.0. The Kier molecular flexibility index (Phi) is 33.3. The van der Waals surface area contributed by atoms with Gasteiger partial charge in [-0.15, -0.1) is 12.4 Å². The van der Waals surface area contributed by atoms with E-state index in [0.717, 1.165) is 154 Å². The molecule has 7 N–H and O–H groups in total. The number of fused-ring (bicyclic) bond motifs is 5. The molecular formula is C85H90Br6Cl3N13O6. The molecule has 0 spiro atoms. The Morgan fingerprint density at radius 3 is 1.52 bits per heavy atom. The Morgan fingerprint density at radius 1 is 0.558 bits per heavy atom. The van der Waals surface area contributed by atoms with Crippen LogP contribution in [0.2, 0.25) is 10.0 Å². The first-order chi connectivity index (χ1) is 53.5. The van der Waals surface area contributed by atoms with Crippen molar-refractivity contribution in [3.63, 3.8) is 0 Å². The molecule has 2 amide bonds. The number of carbonyl (C=O) groups is 4. The maximum Gasteiger partial charge on any atom is 0.410 e. The quantitative estimate of drug-likeness (QED) is 0.0408. The van der Waals surface area contributed by atoms with Gasteiger partial charge in [-0.3, -0.25) is 19.9 Å². The van der Waals surface area contributed by atoms with E-state index in [-0.39, 0.29) is 41.0 Å². The number of aromatic amines is 3. The van der Waals surface area contributed by atoms with Crippen molar-refractivity contribution in [3.05, 3.63) is 264 Å². The maximum atomic E-state index is 12.2. The summed E-state index contributed by atoms with van der Waals surface area (Å²) in [4.78, 5) is 79.6. The molecule has 3 aromatic heterocycles. The van der Waals surface area contributed by atoms with Gasteiger partial charge in [-0.1, -0.05) is 228 Å². The molecule has 0 saturated carbocycles. The third-order valence-corrected chi connectivity index (χ3v) is 23.4. The number of ether oxygens (including phenoxy) is 2. The summed E-state index contributed by atoms with van der Waals surface area (Å²) in [5.74, 6) is 3.32. The highest BCUT2D eigenvalue weighted by Gasteiger charge is 2.33.